The van der Waals surface area contributed by atoms with Gasteiger partial charge in [-0.2, -0.15) is 0 Å². The Balaban J connectivity index is 2.70. The molecule has 6 heteroatoms. The Morgan fingerprint density at radius 3 is 3.17 bits per heavy atom. The van der Waals surface area contributed by atoms with Crippen molar-refractivity contribution in [3.05, 3.63) is 11.9 Å². The van der Waals surface area contributed by atoms with Crippen molar-refractivity contribution in [3.8, 4) is 0 Å². The first kappa shape index (κ1) is 8.66. The Hall–Kier alpha value is -1.43. The normalized spacial score (nSPS) is 9.83. The molecule has 0 fully saturated rings. The molecule has 1 heterocycles. The molecule has 0 spiro atoms. The van der Waals surface area contributed by atoms with Crippen molar-refractivity contribution in [2.24, 2.45) is 5.73 Å². The van der Waals surface area contributed by atoms with Crippen LogP contribution in [0.15, 0.2) is 6.20 Å². The van der Waals surface area contributed by atoms with Crippen LogP contribution in [-0.4, -0.2) is 34.5 Å². The average Bonchev–Trinajstić information content (AvgIpc) is 2.52. The highest BCUT2D eigenvalue weighted by molar-refractivity contribution is 5.91. The Bertz CT molecular complexity index is 269. The van der Waals surface area contributed by atoms with Gasteiger partial charge in [0.1, 0.15) is 0 Å². The molecule has 0 bridgehead atoms. The second-order valence-electron chi connectivity index (χ2n) is 2.23. The van der Waals surface area contributed by atoms with Gasteiger partial charge in [-0.05, 0) is 0 Å². The molecule has 66 valence electrons. The number of carbonyl (C=O) groups is 1. The van der Waals surface area contributed by atoms with E-state index in [2.05, 4.69) is 15.6 Å². The quantitative estimate of drug-likeness (QED) is 0.582. The third-order valence-corrected chi connectivity index (χ3v) is 1.36. The maximum atomic E-state index is 11.0. The largest absolute Gasteiger partial charge is 0.354 e. The van der Waals surface area contributed by atoms with Gasteiger partial charge in [0.15, 0.2) is 5.69 Å². The zero-order valence-corrected chi connectivity index (χ0v) is 6.82. The summed E-state index contributed by atoms with van der Waals surface area (Å²) in [7, 11) is 1.55. The molecule has 3 N–H and O–H groups in total. The second kappa shape index (κ2) is 3.82. The summed E-state index contributed by atoms with van der Waals surface area (Å²) < 4.78 is 1.53. The van der Waals surface area contributed by atoms with Gasteiger partial charge in [-0.25, -0.2) is 0 Å². The monoisotopic (exact) mass is 169 g/mol. The summed E-state index contributed by atoms with van der Waals surface area (Å²) in [6, 6.07) is 0. The highest BCUT2D eigenvalue weighted by Crippen LogP contribution is 1.91. The summed E-state index contributed by atoms with van der Waals surface area (Å²) in [5.41, 5.74) is 5.60. The van der Waals surface area contributed by atoms with Gasteiger partial charge in [0.25, 0.3) is 5.91 Å². The molecule has 0 aliphatic carbocycles. The molecule has 0 aliphatic rings. The van der Waals surface area contributed by atoms with Gasteiger partial charge in [-0.15, -0.1) is 5.10 Å². The van der Waals surface area contributed by atoms with Gasteiger partial charge in [0.05, 0.1) is 12.7 Å². The van der Waals surface area contributed by atoms with Gasteiger partial charge >= 0.3 is 0 Å². The van der Waals surface area contributed by atoms with Crippen LogP contribution in [0.5, 0.6) is 0 Å². The van der Waals surface area contributed by atoms with Crippen LogP contribution in [0.25, 0.3) is 0 Å². The molecule has 12 heavy (non-hydrogen) atoms. The van der Waals surface area contributed by atoms with E-state index in [0.717, 1.165) is 0 Å². The highest BCUT2D eigenvalue weighted by Gasteiger charge is 2.06. The lowest BCUT2D eigenvalue weighted by Gasteiger charge is -1.93. The fraction of sp³-hybridized carbons (Fsp3) is 0.500. The van der Waals surface area contributed by atoms with Crippen LogP contribution >= 0.6 is 0 Å². The van der Waals surface area contributed by atoms with Crippen LogP contribution < -0.4 is 11.1 Å². The number of hydrogen-bond acceptors (Lipinski definition) is 4. The zero-order valence-electron chi connectivity index (χ0n) is 6.82. The third-order valence-electron chi connectivity index (χ3n) is 1.36. The minimum absolute atomic E-state index is 0.238. The Morgan fingerprint density at radius 1 is 1.83 bits per heavy atom. The SMILES string of the molecule is CNC(=O)c1cn(CCN)nn1. The molecule has 1 aromatic rings. The molecule has 0 radical (unpaired) electrons. The van der Waals surface area contributed by atoms with Crippen molar-refractivity contribution in [2.45, 2.75) is 6.54 Å². The second-order valence-corrected chi connectivity index (χ2v) is 2.23. The molecule has 1 amide bonds. The predicted molar refractivity (Wildman–Crippen MR) is 42.5 cm³/mol. The summed E-state index contributed by atoms with van der Waals surface area (Å²) in [5.74, 6) is -0.238. The predicted octanol–water partition coefficient (Wildman–Crippen LogP) is -1.40. The first-order valence-corrected chi connectivity index (χ1v) is 3.60. The summed E-state index contributed by atoms with van der Waals surface area (Å²) in [4.78, 5) is 11.0. The average molecular weight is 169 g/mol. The van der Waals surface area contributed by atoms with E-state index >= 15 is 0 Å². The molecular weight excluding hydrogens is 158 g/mol. The third kappa shape index (κ3) is 1.79. The van der Waals surface area contributed by atoms with Gasteiger partial charge in [0, 0.05) is 13.6 Å². The number of nitrogens with zero attached hydrogens (tertiary/aromatic N) is 3. The van der Waals surface area contributed by atoms with Crippen molar-refractivity contribution in [1.29, 1.82) is 0 Å². The van der Waals surface area contributed by atoms with Crippen LogP contribution in [0.2, 0.25) is 0 Å². The molecule has 0 aliphatic heterocycles. The van der Waals surface area contributed by atoms with Crippen LogP contribution in [0.4, 0.5) is 0 Å². The summed E-state index contributed by atoms with van der Waals surface area (Å²) in [5, 5.41) is 9.80. The van der Waals surface area contributed by atoms with Crippen molar-refractivity contribution in [2.75, 3.05) is 13.6 Å². The van der Waals surface area contributed by atoms with Crippen LogP contribution in [0.1, 0.15) is 10.5 Å². The number of carbonyl (C=O) groups excluding carboxylic acids is 1. The molecular formula is C6H11N5O. The highest BCUT2D eigenvalue weighted by atomic mass is 16.1. The number of nitrogens with one attached hydrogen (secondary N) is 1. The smallest absolute Gasteiger partial charge is 0.273 e. The first-order chi connectivity index (χ1) is 5.77. The van der Waals surface area contributed by atoms with Crippen molar-refractivity contribution in [1.82, 2.24) is 20.3 Å². The maximum absolute atomic E-state index is 11.0. The Kier molecular flexibility index (Phi) is 2.76. The molecule has 0 aromatic carbocycles. The summed E-state index contributed by atoms with van der Waals surface area (Å²) in [6.07, 6.45) is 1.56. The van der Waals surface area contributed by atoms with E-state index in [1.54, 1.807) is 13.2 Å². The van der Waals surface area contributed by atoms with Crippen molar-refractivity contribution < 1.29 is 4.79 Å². The maximum Gasteiger partial charge on any atom is 0.273 e. The van der Waals surface area contributed by atoms with E-state index in [1.807, 2.05) is 0 Å². The summed E-state index contributed by atoms with van der Waals surface area (Å²) >= 11 is 0. The van der Waals surface area contributed by atoms with Crippen molar-refractivity contribution >= 4 is 5.91 Å². The molecule has 0 saturated heterocycles. The number of nitrogens with two attached hydrogens (primary N) is 1. The van der Waals surface area contributed by atoms with Gasteiger partial charge in [0.2, 0.25) is 0 Å². The standard InChI is InChI=1S/C6H11N5O/c1-8-6(12)5-4-11(3-2-7)10-9-5/h4H,2-3,7H2,1H3,(H,8,12). The molecule has 1 rings (SSSR count). The molecule has 0 unspecified atom stereocenters. The van der Waals surface area contributed by atoms with Gasteiger partial charge in [-0.1, -0.05) is 5.21 Å². The van der Waals surface area contributed by atoms with Gasteiger partial charge < -0.3 is 11.1 Å². The Labute approximate surface area is 69.7 Å². The number of hydrogen-bond donors (Lipinski definition) is 2. The lowest BCUT2D eigenvalue weighted by atomic mass is 10.4. The van der Waals surface area contributed by atoms with Crippen molar-refractivity contribution in [3.63, 3.8) is 0 Å². The fourth-order valence-electron chi connectivity index (χ4n) is 0.772. The number of amides is 1. The van der Waals surface area contributed by atoms with E-state index in [4.69, 9.17) is 5.73 Å². The van der Waals surface area contributed by atoms with Crippen LogP contribution in [0, 0.1) is 0 Å². The van der Waals surface area contributed by atoms with E-state index in [1.165, 1.54) is 4.68 Å². The molecule has 1 aromatic heterocycles. The van der Waals surface area contributed by atoms with E-state index < -0.39 is 0 Å². The lowest BCUT2D eigenvalue weighted by Crippen LogP contribution is -2.18. The van der Waals surface area contributed by atoms with E-state index in [-0.39, 0.29) is 5.91 Å². The zero-order chi connectivity index (χ0) is 8.97. The Morgan fingerprint density at radius 2 is 2.58 bits per heavy atom. The molecule has 0 saturated carbocycles. The molecule has 0 atom stereocenters. The van der Waals surface area contributed by atoms with Crippen LogP contribution in [0.3, 0.4) is 0 Å². The minimum Gasteiger partial charge on any atom is -0.354 e. The lowest BCUT2D eigenvalue weighted by molar-refractivity contribution is 0.0958. The summed E-state index contributed by atoms with van der Waals surface area (Å²) in [6.45, 7) is 1.06. The van der Waals surface area contributed by atoms with E-state index in [0.29, 0.717) is 18.8 Å². The molecule has 6 nitrogen and oxygen atoms in total. The topological polar surface area (TPSA) is 85.8 Å². The number of aromatic nitrogens is 3. The van der Waals surface area contributed by atoms with Gasteiger partial charge in [-0.3, -0.25) is 9.48 Å². The van der Waals surface area contributed by atoms with Crippen LogP contribution in [-0.2, 0) is 6.54 Å². The number of rotatable bonds is 3. The fourth-order valence-corrected chi connectivity index (χ4v) is 0.772. The first-order valence-electron chi connectivity index (χ1n) is 3.60. The van der Waals surface area contributed by atoms with E-state index in [9.17, 15) is 4.79 Å². The minimum atomic E-state index is -0.238.